The highest BCUT2D eigenvalue weighted by atomic mass is 35.5. The van der Waals surface area contributed by atoms with Gasteiger partial charge in [0.25, 0.3) is 11.5 Å². The Hall–Kier alpha value is -4.75. The van der Waals surface area contributed by atoms with Gasteiger partial charge in [0.2, 0.25) is 0 Å². The summed E-state index contributed by atoms with van der Waals surface area (Å²) in [6, 6.07) is 29.1. The zero-order valence-corrected chi connectivity index (χ0v) is 21.2. The maximum Gasteiger partial charge on any atom is 0.282 e. The van der Waals surface area contributed by atoms with Crippen molar-refractivity contribution in [3.63, 3.8) is 0 Å². The molecule has 5 aromatic rings. The molecular formula is C30H23ClN4O3. The SMILES string of the molecule is Cc1ccccc1NC(=O)COc1ccc(C=Nn2c(-c3ccccc3)nc3ccccc3c2=O)cc1Cl. The summed E-state index contributed by atoms with van der Waals surface area (Å²) in [5, 5.41) is 8.05. The Morgan fingerprint density at radius 3 is 2.53 bits per heavy atom. The number of aromatic nitrogens is 2. The van der Waals surface area contributed by atoms with Gasteiger partial charge in [-0.25, -0.2) is 4.98 Å². The molecule has 0 aliphatic carbocycles. The van der Waals surface area contributed by atoms with Crippen LogP contribution in [0, 0.1) is 6.92 Å². The maximum atomic E-state index is 13.3. The summed E-state index contributed by atoms with van der Waals surface area (Å²) < 4.78 is 6.90. The van der Waals surface area contributed by atoms with Crippen LogP contribution in [0.25, 0.3) is 22.3 Å². The Balaban J connectivity index is 1.37. The van der Waals surface area contributed by atoms with Gasteiger partial charge in [0.05, 0.1) is 22.1 Å². The molecule has 0 unspecified atom stereocenters. The van der Waals surface area contributed by atoms with E-state index in [-0.39, 0.29) is 18.1 Å². The quantitative estimate of drug-likeness (QED) is 0.269. The molecule has 4 aromatic carbocycles. The van der Waals surface area contributed by atoms with Crippen molar-refractivity contribution in [1.82, 2.24) is 9.66 Å². The molecule has 8 heteroatoms. The zero-order valence-electron chi connectivity index (χ0n) is 20.5. The van der Waals surface area contributed by atoms with Crippen molar-refractivity contribution in [3.8, 4) is 17.1 Å². The normalized spacial score (nSPS) is 11.1. The van der Waals surface area contributed by atoms with Crippen molar-refractivity contribution in [2.24, 2.45) is 5.10 Å². The fourth-order valence-electron chi connectivity index (χ4n) is 3.89. The van der Waals surface area contributed by atoms with E-state index in [1.807, 2.05) is 67.6 Å². The smallest absolute Gasteiger partial charge is 0.282 e. The molecule has 188 valence electrons. The summed E-state index contributed by atoms with van der Waals surface area (Å²) in [5.41, 5.74) is 3.41. The number of anilines is 1. The third-order valence-corrected chi connectivity index (χ3v) is 6.14. The highest BCUT2D eigenvalue weighted by molar-refractivity contribution is 6.32. The molecular weight excluding hydrogens is 500 g/mol. The molecule has 0 fully saturated rings. The summed E-state index contributed by atoms with van der Waals surface area (Å²) >= 11 is 6.42. The molecule has 0 spiro atoms. The lowest BCUT2D eigenvalue weighted by atomic mass is 10.2. The van der Waals surface area contributed by atoms with Gasteiger partial charge in [0.15, 0.2) is 12.4 Å². The van der Waals surface area contributed by atoms with Crippen molar-refractivity contribution in [2.75, 3.05) is 11.9 Å². The topological polar surface area (TPSA) is 85.6 Å². The van der Waals surface area contributed by atoms with Crippen LogP contribution in [0.2, 0.25) is 5.02 Å². The first-order chi connectivity index (χ1) is 18.5. The molecule has 0 atom stereocenters. The monoisotopic (exact) mass is 522 g/mol. The van der Waals surface area contributed by atoms with Crippen LogP contribution in [-0.2, 0) is 4.79 Å². The summed E-state index contributed by atoms with van der Waals surface area (Å²) in [7, 11) is 0. The molecule has 1 aromatic heterocycles. The van der Waals surface area contributed by atoms with Gasteiger partial charge in [-0.05, 0) is 54.4 Å². The molecule has 0 saturated heterocycles. The van der Waals surface area contributed by atoms with E-state index < -0.39 is 0 Å². The first-order valence-electron chi connectivity index (χ1n) is 11.9. The lowest BCUT2D eigenvalue weighted by Gasteiger charge is -2.11. The van der Waals surface area contributed by atoms with Crippen LogP contribution < -0.4 is 15.6 Å². The lowest BCUT2D eigenvalue weighted by molar-refractivity contribution is -0.118. The lowest BCUT2D eigenvalue weighted by Crippen LogP contribution is -2.20. The number of para-hydroxylation sites is 2. The number of amides is 1. The van der Waals surface area contributed by atoms with Gasteiger partial charge in [-0.15, -0.1) is 0 Å². The number of benzene rings is 4. The molecule has 0 bridgehead atoms. The van der Waals surface area contributed by atoms with Crippen molar-refractivity contribution >= 4 is 40.3 Å². The number of carbonyl (C=O) groups is 1. The second-order valence-corrected chi connectivity index (χ2v) is 8.93. The predicted molar refractivity (Wildman–Crippen MR) is 151 cm³/mol. The van der Waals surface area contributed by atoms with Crippen LogP contribution in [0.3, 0.4) is 0 Å². The molecule has 1 amide bonds. The number of ether oxygens (including phenoxy) is 1. The number of aryl methyl sites for hydroxylation is 1. The molecule has 0 saturated carbocycles. The van der Waals surface area contributed by atoms with Gasteiger partial charge in [-0.2, -0.15) is 9.78 Å². The van der Waals surface area contributed by atoms with Crippen molar-refractivity contribution < 1.29 is 9.53 Å². The largest absolute Gasteiger partial charge is 0.482 e. The van der Waals surface area contributed by atoms with E-state index in [0.717, 1.165) is 16.8 Å². The molecule has 1 N–H and O–H groups in total. The van der Waals surface area contributed by atoms with Gasteiger partial charge >= 0.3 is 0 Å². The number of carbonyl (C=O) groups excluding carboxylic acids is 1. The Bertz CT molecular complexity index is 1710. The molecule has 0 radical (unpaired) electrons. The maximum absolute atomic E-state index is 13.3. The van der Waals surface area contributed by atoms with Gasteiger partial charge in [-0.1, -0.05) is 72.3 Å². The first-order valence-corrected chi connectivity index (χ1v) is 12.3. The van der Waals surface area contributed by atoms with E-state index in [1.165, 1.54) is 10.9 Å². The van der Waals surface area contributed by atoms with E-state index in [0.29, 0.717) is 33.1 Å². The van der Waals surface area contributed by atoms with E-state index in [9.17, 15) is 9.59 Å². The van der Waals surface area contributed by atoms with Crippen LogP contribution >= 0.6 is 11.6 Å². The fraction of sp³-hybridized carbons (Fsp3) is 0.0667. The minimum Gasteiger partial charge on any atom is -0.482 e. The van der Waals surface area contributed by atoms with Crippen molar-refractivity contribution in [1.29, 1.82) is 0 Å². The van der Waals surface area contributed by atoms with E-state index >= 15 is 0 Å². The number of rotatable bonds is 7. The second kappa shape index (κ2) is 11.1. The second-order valence-electron chi connectivity index (χ2n) is 8.52. The van der Waals surface area contributed by atoms with Gasteiger partial charge < -0.3 is 10.1 Å². The van der Waals surface area contributed by atoms with Crippen molar-refractivity contribution in [2.45, 2.75) is 6.92 Å². The first kappa shape index (κ1) is 24.9. The van der Waals surface area contributed by atoms with Crippen molar-refractivity contribution in [3.05, 3.63) is 124 Å². The summed E-state index contributed by atoms with van der Waals surface area (Å²) in [6.07, 6.45) is 1.53. The van der Waals surface area contributed by atoms with Gasteiger partial charge in [-0.3, -0.25) is 9.59 Å². The third kappa shape index (κ3) is 5.48. The van der Waals surface area contributed by atoms with E-state index in [1.54, 1.807) is 36.4 Å². The molecule has 7 nitrogen and oxygen atoms in total. The minimum atomic E-state index is -0.294. The number of nitrogens with zero attached hydrogens (tertiary/aromatic N) is 3. The molecule has 5 rings (SSSR count). The third-order valence-electron chi connectivity index (χ3n) is 5.84. The highest BCUT2D eigenvalue weighted by Crippen LogP contribution is 2.25. The average molecular weight is 523 g/mol. The number of halogens is 1. The van der Waals surface area contributed by atoms with E-state index in [4.69, 9.17) is 21.3 Å². The predicted octanol–water partition coefficient (Wildman–Crippen LogP) is 5.93. The summed E-state index contributed by atoms with van der Waals surface area (Å²) in [4.78, 5) is 30.3. The van der Waals surface area contributed by atoms with Gasteiger partial charge in [0, 0.05) is 11.3 Å². The Labute approximate surface area is 224 Å². The van der Waals surface area contributed by atoms with E-state index in [2.05, 4.69) is 10.4 Å². The van der Waals surface area contributed by atoms with Crippen LogP contribution in [0.4, 0.5) is 5.69 Å². The number of fused-ring (bicyclic) bond motifs is 1. The molecule has 0 aliphatic heterocycles. The summed E-state index contributed by atoms with van der Waals surface area (Å²) in [6.45, 7) is 1.72. The molecule has 38 heavy (non-hydrogen) atoms. The van der Waals surface area contributed by atoms with Crippen LogP contribution in [0.15, 0.2) is 107 Å². The highest BCUT2D eigenvalue weighted by Gasteiger charge is 2.12. The zero-order chi connectivity index (χ0) is 26.5. The fourth-order valence-corrected chi connectivity index (χ4v) is 4.13. The number of hydrogen-bond donors (Lipinski definition) is 1. The average Bonchev–Trinajstić information content (AvgIpc) is 2.94. The Morgan fingerprint density at radius 2 is 1.74 bits per heavy atom. The van der Waals surface area contributed by atoms with Crippen LogP contribution in [0.1, 0.15) is 11.1 Å². The summed E-state index contributed by atoms with van der Waals surface area (Å²) in [5.74, 6) is 0.493. The number of hydrogen-bond acceptors (Lipinski definition) is 5. The Kier molecular flexibility index (Phi) is 7.28. The standard InChI is InChI=1S/C30H23ClN4O3/c1-20-9-5-7-13-25(20)33-28(36)19-38-27-16-15-21(17-24(27)31)18-32-35-29(22-10-3-2-4-11-22)34-26-14-8-6-12-23(26)30(35)37/h2-18H,19H2,1H3,(H,33,36). The van der Waals surface area contributed by atoms with Crippen LogP contribution in [-0.4, -0.2) is 28.4 Å². The van der Waals surface area contributed by atoms with Crippen LogP contribution in [0.5, 0.6) is 5.75 Å². The number of nitrogens with one attached hydrogen (secondary N) is 1. The minimum absolute atomic E-state index is 0.194. The van der Waals surface area contributed by atoms with Gasteiger partial charge in [0.1, 0.15) is 5.75 Å². The molecule has 1 heterocycles. The molecule has 0 aliphatic rings. The Morgan fingerprint density at radius 1 is 1.00 bits per heavy atom.